The summed E-state index contributed by atoms with van der Waals surface area (Å²) in [5, 5.41) is 2.69. The van der Waals surface area contributed by atoms with Gasteiger partial charge in [-0.15, -0.1) is 0 Å². The number of nitrogen functional groups attached to an aromatic ring is 1. The number of nitrogens with one attached hydrogen (secondary N) is 1. The standard InChI is InChI=1S/C17H16ClN3O3/c1-3-8-5-6-11(18)9(4-2)14(8)21-12(22)7-10-13(15(21)19)17(24)20-16(10)23/h5-7H,3-4,19H2,1-2H3,(H,20,23,24). The second-order valence-electron chi connectivity index (χ2n) is 5.52. The second kappa shape index (κ2) is 5.79. The maximum atomic E-state index is 12.6. The van der Waals surface area contributed by atoms with Crippen LogP contribution in [0.25, 0.3) is 5.69 Å². The number of amides is 2. The van der Waals surface area contributed by atoms with Gasteiger partial charge in [0.05, 0.1) is 16.8 Å². The molecule has 0 unspecified atom stereocenters. The van der Waals surface area contributed by atoms with Crippen LogP contribution in [-0.2, 0) is 12.8 Å². The smallest absolute Gasteiger partial charge is 0.262 e. The van der Waals surface area contributed by atoms with Crippen LogP contribution < -0.4 is 16.6 Å². The molecule has 1 aromatic heterocycles. The summed E-state index contributed by atoms with van der Waals surface area (Å²) < 4.78 is 1.28. The number of benzene rings is 1. The number of hydrogen-bond acceptors (Lipinski definition) is 4. The van der Waals surface area contributed by atoms with E-state index in [1.54, 1.807) is 6.07 Å². The summed E-state index contributed by atoms with van der Waals surface area (Å²) >= 11 is 6.29. The minimum absolute atomic E-state index is 0.0110. The van der Waals surface area contributed by atoms with Crippen molar-refractivity contribution in [2.45, 2.75) is 26.7 Å². The lowest BCUT2D eigenvalue weighted by Crippen LogP contribution is -2.26. The van der Waals surface area contributed by atoms with Crippen LogP contribution in [0, 0.1) is 0 Å². The SMILES string of the molecule is CCc1ccc(Cl)c(CC)c1-n1c(N)c2c(cc1=O)C(=O)NC2=O. The van der Waals surface area contributed by atoms with E-state index >= 15 is 0 Å². The number of carbonyl (C=O) groups excluding carboxylic acids is 2. The number of nitrogens with zero attached hydrogens (tertiary/aromatic N) is 1. The highest BCUT2D eigenvalue weighted by Gasteiger charge is 2.32. The number of nitrogens with two attached hydrogens (primary N) is 1. The number of halogens is 1. The normalized spacial score (nSPS) is 13.1. The van der Waals surface area contributed by atoms with Gasteiger partial charge < -0.3 is 5.73 Å². The summed E-state index contributed by atoms with van der Waals surface area (Å²) in [4.78, 5) is 36.4. The molecule has 124 valence electrons. The summed E-state index contributed by atoms with van der Waals surface area (Å²) in [7, 11) is 0. The van der Waals surface area contributed by atoms with Crippen molar-refractivity contribution in [3.63, 3.8) is 0 Å². The first kappa shape index (κ1) is 16.3. The molecule has 1 aliphatic rings. The molecular weight excluding hydrogens is 330 g/mol. The molecule has 1 aromatic carbocycles. The summed E-state index contributed by atoms with van der Waals surface area (Å²) in [6.07, 6.45) is 1.25. The monoisotopic (exact) mass is 345 g/mol. The molecule has 6 nitrogen and oxygen atoms in total. The van der Waals surface area contributed by atoms with Gasteiger partial charge in [0.15, 0.2) is 0 Å². The Bertz CT molecular complexity index is 947. The maximum absolute atomic E-state index is 12.6. The number of pyridine rings is 1. The molecule has 0 radical (unpaired) electrons. The Kier molecular flexibility index (Phi) is 3.93. The van der Waals surface area contributed by atoms with Gasteiger partial charge in [-0.1, -0.05) is 31.5 Å². The van der Waals surface area contributed by atoms with Crippen molar-refractivity contribution >= 4 is 29.2 Å². The third-order valence-corrected chi connectivity index (χ3v) is 4.57. The van der Waals surface area contributed by atoms with Gasteiger partial charge in [-0.3, -0.25) is 24.3 Å². The molecule has 0 spiro atoms. The molecular formula is C17H16ClN3O3. The van der Waals surface area contributed by atoms with Gasteiger partial charge in [-0.05, 0) is 30.0 Å². The van der Waals surface area contributed by atoms with E-state index in [1.165, 1.54) is 4.57 Å². The average molecular weight is 346 g/mol. The molecule has 3 rings (SSSR count). The quantitative estimate of drug-likeness (QED) is 0.833. The van der Waals surface area contributed by atoms with E-state index in [4.69, 9.17) is 17.3 Å². The highest BCUT2D eigenvalue weighted by atomic mass is 35.5. The number of aromatic nitrogens is 1. The fourth-order valence-corrected chi connectivity index (χ4v) is 3.36. The van der Waals surface area contributed by atoms with E-state index in [9.17, 15) is 14.4 Å². The molecule has 3 N–H and O–H groups in total. The average Bonchev–Trinajstić information content (AvgIpc) is 2.82. The van der Waals surface area contributed by atoms with Gasteiger partial charge in [0.1, 0.15) is 5.82 Å². The van der Waals surface area contributed by atoms with Gasteiger partial charge in [0, 0.05) is 11.1 Å². The Morgan fingerprint density at radius 2 is 1.83 bits per heavy atom. The van der Waals surface area contributed by atoms with Crippen LogP contribution >= 0.6 is 11.6 Å². The van der Waals surface area contributed by atoms with Crippen molar-refractivity contribution in [3.8, 4) is 5.69 Å². The van der Waals surface area contributed by atoms with Crippen molar-refractivity contribution in [2.75, 3.05) is 5.73 Å². The number of aryl methyl sites for hydroxylation is 1. The highest BCUT2D eigenvalue weighted by molar-refractivity contribution is 6.31. The van der Waals surface area contributed by atoms with Gasteiger partial charge in [-0.25, -0.2) is 0 Å². The van der Waals surface area contributed by atoms with E-state index in [1.807, 2.05) is 19.9 Å². The fraction of sp³-hybridized carbons (Fsp3) is 0.235. The Balaban J connectivity index is 2.44. The number of fused-ring (bicyclic) bond motifs is 1. The molecule has 0 fully saturated rings. The van der Waals surface area contributed by atoms with Crippen LogP contribution in [0.2, 0.25) is 5.02 Å². The molecule has 2 aromatic rings. The Hall–Kier alpha value is -2.60. The molecule has 7 heteroatoms. The molecule has 0 bridgehead atoms. The molecule has 2 heterocycles. The van der Waals surface area contributed by atoms with Gasteiger partial charge in [-0.2, -0.15) is 0 Å². The maximum Gasteiger partial charge on any atom is 0.262 e. The van der Waals surface area contributed by atoms with Crippen LogP contribution in [0.15, 0.2) is 23.0 Å². The number of carbonyl (C=O) groups is 2. The Morgan fingerprint density at radius 3 is 2.46 bits per heavy atom. The van der Waals surface area contributed by atoms with Crippen molar-refractivity contribution in [1.29, 1.82) is 0 Å². The van der Waals surface area contributed by atoms with Crippen molar-refractivity contribution in [2.24, 2.45) is 0 Å². The summed E-state index contributed by atoms with van der Waals surface area (Å²) in [6, 6.07) is 4.76. The molecule has 1 aliphatic heterocycles. The first-order valence-corrected chi connectivity index (χ1v) is 8.00. The zero-order chi connectivity index (χ0) is 17.6. The summed E-state index contributed by atoms with van der Waals surface area (Å²) in [6.45, 7) is 3.88. The van der Waals surface area contributed by atoms with Crippen molar-refractivity contribution < 1.29 is 9.59 Å². The lowest BCUT2D eigenvalue weighted by molar-refractivity contribution is 0.0880. The van der Waals surface area contributed by atoms with Crippen LogP contribution in [0.1, 0.15) is 45.7 Å². The second-order valence-corrected chi connectivity index (χ2v) is 5.92. The number of hydrogen-bond donors (Lipinski definition) is 2. The van der Waals surface area contributed by atoms with E-state index < -0.39 is 17.4 Å². The molecule has 0 aliphatic carbocycles. The predicted molar refractivity (Wildman–Crippen MR) is 92.0 cm³/mol. The number of rotatable bonds is 3. The molecule has 2 amide bonds. The van der Waals surface area contributed by atoms with Crippen molar-refractivity contribution in [1.82, 2.24) is 9.88 Å². The molecule has 0 atom stereocenters. The zero-order valence-corrected chi connectivity index (χ0v) is 14.0. The van der Waals surface area contributed by atoms with E-state index in [2.05, 4.69) is 5.32 Å². The zero-order valence-electron chi connectivity index (χ0n) is 13.3. The van der Waals surface area contributed by atoms with E-state index in [-0.39, 0.29) is 16.9 Å². The minimum atomic E-state index is -0.608. The largest absolute Gasteiger partial charge is 0.384 e. The molecule has 0 saturated heterocycles. The Labute approximate surface area is 143 Å². The summed E-state index contributed by atoms with van der Waals surface area (Å²) in [5.74, 6) is -1.25. The minimum Gasteiger partial charge on any atom is -0.384 e. The highest BCUT2D eigenvalue weighted by Crippen LogP contribution is 2.31. The van der Waals surface area contributed by atoms with Gasteiger partial charge >= 0.3 is 0 Å². The first-order chi connectivity index (χ1) is 11.4. The van der Waals surface area contributed by atoms with E-state index in [0.717, 1.165) is 17.2 Å². The Morgan fingerprint density at radius 1 is 1.12 bits per heavy atom. The third kappa shape index (κ3) is 2.22. The lowest BCUT2D eigenvalue weighted by atomic mass is 10.0. The lowest BCUT2D eigenvalue weighted by Gasteiger charge is -2.19. The van der Waals surface area contributed by atoms with E-state index in [0.29, 0.717) is 23.6 Å². The molecule has 0 saturated carbocycles. The van der Waals surface area contributed by atoms with Crippen LogP contribution in [-0.4, -0.2) is 16.4 Å². The molecule has 24 heavy (non-hydrogen) atoms. The van der Waals surface area contributed by atoms with Crippen LogP contribution in [0.4, 0.5) is 5.82 Å². The fourth-order valence-electron chi connectivity index (χ4n) is 3.07. The first-order valence-electron chi connectivity index (χ1n) is 7.62. The van der Waals surface area contributed by atoms with Gasteiger partial charge in [0.25, 0.3) is 17.4 Å². The summed E-state index contributed by atoms with van der Waals surface area (Å²) in [5.41, 5.74) is 7.94. The van der Waals surface area contributed by atoms with Crippen LogP contribution in [0.5, 0.6) is 0 Å². The topological polar surface area (TPSA) is 94.2 Å². The number of imide groups is 1. The predicted octanol–water partition coefficient (Wildman–Crippen LogP) is 2.08. The third-order valence-electron chi connectivity index (χ3n) is 4.22. The number of anilines is 1. The van der Waals surface area contributed by atoms with Gasteiger partial charge in [0.2, 0.25) is 0 Å². The van der Waals surface area contributed by atoms with Crippen molar-refractivity contribution in [3.05, 3.63) is 55.8 Å². The van der Waals surface area contributed by atoms with Crippen LogP contribution in [0.3, 0.4) is 0 Å².